The molecule has 2 rings (SSSR count). The number of carbonyl (C=O) groups is 1. The largest absolute Gasteiger partial charge is 0.379 e. The van der Waals surface area contributed by atoms with Gasteiger partial charge in [0, 0.05) is 45.2 Å². The molecule has 0 aromatic heterocycles. The fraction of sp³-hybridized carbons (Fsp3) is 0.562. The predicted molar refractivity (Wildman–Crippen MR) is 93.4 cm³/mol. The number of benzene rings is 1. The van der Waals surface area contributed by atoms with Crippen LogP contribution < -0.4 is 9.62 Å². The smallest absolute Gasteiger partial charge is 0.232 e. The molecule has 26 heavy (non-hydrogen) atoms. The molecule has 0 unspecified atom stereocenters. The summed E-state index contributed by atoms with van der Waals surface area (Å²) >= 11 is 0. The first kappa shape index (κ1) is 20.5. The Morgan fingerprint density at radius 3 is 2.62 bits per heavy atom. The number of halogens is 2. The van der Waals surface area contributed by atoms with Gasteiger partial charge >= 0.3 is 0 Å². The molecule has 0 saturated carbocycles. The highest BCUT2D eigenvalue weighted by atomic mass is 32.2. The molecule has 1 heterocycles. The summed E-state index contributed by atoms with van der Waals surface area (Å²) in [6.45, 7) is 3.83. The zero-order valence-electron chi connectivity index (χ0n) is 14.6. The van der Waals surface area contributed by atoms with E-state index in [0.29, 0.717) is 32.4 Å². The van der Waals surface area contributed by atoms with E-state index in [1.807, 2.05) is 0 Å². The molecule has 1 fully saturated rings. The van der Waals surface area contributed by atoms with Gasteiger partial charge in [-0.25, -0.2) is 17.2 Å². The second kappa shape index (κ2) is 9.24. The zero-order valence-corrected chi connectivity index (χ0v) is 15.4. The fourth-order valence-electron chi connectivity index (χ4n) is 2.62. The van der Waals surface area contributed by atoms with Crippen LogP contribution in [-0.4, -0.2) is 71.4 Å². The monoisotopic (exact) mass is 391 g/mol. The lowest BCUT2D eigenvalue weighted by Crippen LogP contribution is -2.42. The molecule has 1 aromatic carbocycles. The average Bonchev–Trinajstić information content (AvgIpc) is 2.56. The van der Waals surface area contributed by atoms with E-state index in [9.17, 15) is 22.0 Å². The van der Waals surface area contributed by atoms with Crippen molar-refractivity contribution in [1.29, 1.82) is 0 Å². The molecule has 1 aliphatic heterocycles. The quantitative estimate of drug-likeness (QED) is 0.701. The molecule has 0 atom stereocenters. The van der Waals surface area contributed by atoms with Gasteiger partial charge in [-0.2, -0.15) is 0 Å². The van der Waals surface area contributed by atoms with Crippen LogP contribution in [0, 0.1) is 11.6 Å². The molecular weight excluding hydrogens is 368 g/mol. The number of ether oxygens (including phenoxy) is 1. The molecule has 10 heteroatoms. The van der Waals surface area contributed by atoms with Crippen LogP contribution in [0.25, 0.3) is 0 Å². The Morgan fingerprint density at radius 2 is 2.00 bits per heavy atom. The van der Waals surface area contributed by atoms with Crippen molar-refractivity contribution < 1.29 is 26.7 Å². The van der Waals surface area contributed by atoms with Gasteiger partial charge in [0.2, 0.25) is 15.9 Å². The Balaban J connectivity index is 1.87. The van der Waals surface area contributed by atoms with Gasteiger partial charge < -0.3 is 10.1 Å². The molecule has 1 amide bonds. The lowest BCUT2D eigenvalue weighted by Gasteiger charge is -2.26. The number of hydrogen-bond donors (Lipinski definition) is 1. The Labute approximate surface area is 152 Å². The van der Waals surface area contributed by atoms with E-state index in [1.165, 1.54) is 0 Å². The van der Waals surface area contributed by atoms with Crippen molar-refractivity contribution in [3.63, 3.8) is 0 Å². The van der Waals surface area contributed by atoms with Gasteiger partial charge in [-0.05, 0) is 12.1 Å². The third-order valence-electron chi connectivity index (χ3n) is 3.97. The Kier molecular flexibility index (Phi) is 7.30. The molecule has 1 saturated heterocycles. The van der Waals surface area contributed by atoms with Crippen molar-refractivity contribution in [2.24, 2.45) is 0 Å². The summed E-state index contributed by atoms with van der Waals surface area (Å²) in [5.74, 6) is -2.14. The zero-order chi connectivity index (χ0) is 19.2. The van der Waals surface area contributed by atoms with Gasteiger partial charge in [-0.15, -0.1) is 0 Å². The molecule has 0 spiro atoms. The lowest BCUT2D eigenvalue weighted by molar-refractivity contribution is -0.120. The van der Waals surface area contributed by atoms with Crippen LogP contribution in [-0.2, 0) is 19.6 Å². The minimum Gasteiger partial charge on any atom is -0.379 e. The number of nitrogens with zero attached hydrogens (tertiary/aromatic N) is 2. The predicted octanol–water partition coefficient (Wildman–Crippen LogP) is 0.569. The first-order valence-corrected chi connectivity index (χ1v) is 10.1. The van der Waals surface area contributed by atoms with Gasteiger partial charge in [0.15, 0.2) is 0 Å². The van der Waals surface area contributed by atoms with Crippen molar-refractivity contribution in [1.82, 2.24) is 10.2 Å². The van der Waals surface area contributed by atoms with Crippen LogP contribution in [0.5, 0.6) is 0 Å². The highest BCUT2D eigenvalue weighted by molar-refractivity contribution is 7.92. The molecular formula is C16H23F2N3O4S. The van der Waals surface area contributed by atoms with Gasteiger partial charge in [0.1, 0.15) is 11.6 Å². The number of carbonyl (C=O) groups excluding carboxylic acids is 1. The number of sulfonamides is 1. The van der Waals surface area contributed by atoms with Crippen LogP contribution in [0.15, 0.2) is 18.2 Å². The van der Waals surface area contributed by atoms with E-state index in [2.05, 4.69) is 10.2 Å². The van der Waals surface area contributed by atoms with E-state index >= 15 is 0 Å². The maximum Gasteiger partial charge on any atom is 0.232 e. The molecule has 7 nitrogen and oxygen atoms in total. The van der Waals surface area contributed by atoms with E-state index in [0.717, 1.165) is 35.8 Å². The third-order valence-corrected chi connectivity index (χ3v) is 5.15. The SMILES string of the molecule is CS(=O)(=O)N(CCC(=O)NCCN1CCOCC1)c1ccc(F)cc1F. The van der Waals surface area contributed by atoms with Crippen LogP contribution in [0.4, 0.5) is 14.5 Å². The molecule has 0 radical (unpaired) electrons. The molecule has 0 aliphatic carbocycles. The van der Waals surface area contributed by atoms with E-state index in [-0.39, 0.29) is 24.6 Å². The maximum atomic E-state index is 13.9. The molecule has 0 bridgehead atoms. The normalized spacial score (nSPS) is 15.7. The first-order chi connectivity index (χ1) is 12.3. The highest BCUT2D eigenvalue weighted by Crippen LogP contribution is 2.22. The number of hydrogen-bond acceptors (Lipinski definition) is 5. The summed E-state index contributed by atoms with van der Waals surface area (Å²) in [4.78, 5) is 14.1. The van der Waals surface area contributed by atoms with Crippen molar-refractivity contribution >= 4 is 21.6 Å². The summed E-state index contributed by atoms with van der Waals surface area (Å²) in [6, 6.07) is 2.62. The summed E-state index contributed by atoms with van der Waals surface area (Å²) in [5, 5.41) is 2.72. The number of amides is 1. The van der Waals surface area contributed by atoms with E-state index < -0.39 is 21.7 Å². The fourth-order valence-corrected chi connectivity index (χ4v) is 3.55. The number of rotatable bonds is 8. The minimum atomic E-state index is -3.82. The highest BCUT2D eigenvalue weighted by Gasteiger charge is 2.22. The maximum absolute atomic E-state index is 13.9. The summed E-state index contributed by atoms with van der Waals surface area (Å²) in [6.07, 6.45) is 0.777. The third kappa shape index (κ3) is 6.19. The second-order valence-electron chi connectivity index (χ2n) is 5.98. The van der Waals surface area contributed by atoms with Crippen LogP contribution in [0.3, 0.4) is 0 Å². The Bertz CT molecular complexity index is 724. The Morgan fingerprint density at radius 1 is 1.31 bits per heavy atom. The van der Waals surface area contributed by atoms with Crippen molar-refractivity contribution in [3.05, 3.63) is 29.8 Å². The molecule has 1 aromatic rings. The van der Waals surface area contributed by atoms with Gasteiger partial charge in [0.25, 0.3) is 0 Å². The molecule has 146 valence electrons. The topological polar surface area (TPSA) is 79.0 Å². The first-order valence-electron chi connectivity index (χ1n) is 8.27. The number of morpholine rings is 1. The van der Waals surface area contributed by atoms with Crippen molar-refractivity contribution in [3.8, 4) is 0 Å². The number of nitrogens with one attached hydrogen (secondary N) is 1. The Hall–Kier alpha value is -1.78. The summed E-state index contributed by atoms with van der Waals surface area (Å²) < 4.78 is 56.8. The lowest BCUT2D eigenvalue weighted by atomic mass is 10.3. The summed E-state index contributed by atoms with van der Waals surface area (Å²) in [7, 11) is -3.82. The average molecular weight is 391 g/mol. The van der Waals surface area contributed by atoms with Crippen LogP contribution in [0.1, 0.15) is 6.42 Å². The van der Waals surface area contributed by atoms with Crippen LogP contribution in [0.2, 0.25) is 0 Å². The van der Waals surface area contributed by atoms with Crippen molar-refractivity contribution in [2.45, 2.75) is 6.42 Å². The minimum absolute atomic E-state index is 0.132. The van der Waals surface area contributed by atoms with E-state index in [1.54, 1.807) is 0 Å². The van der Waals surface area contributed by atoms with Crippen LogP contribution >= 0.6 is 0 Å². The standard InChI is InChI=1S/C16H23F2N3O4S/c1-26(23,24)21(15-3-2-13(17)12-14(15)18)6-4-16(22)19-5-7-20-8-10-25-11-9-20/h2-3,12H,4-11H2,1H3,(H,19,22). The van der Waals surface area contributed by atoms with E-state index in [4.69, 9.17) is 4.74 Å². The van der Waals surface area contributed by atoms with Gasteiger partial charge in [-0.1, -0.05) is 0 Å². The van der Waals surface area contributed by atoms with Gasteiger partial charge in [0.05, 0.1) is 25.2 Å². The molecule has 1 aliphatic rings. The molecule has 1 N–H and O–H groups in total. The summed E-state index contributed by atoms with van der Waals surface area (Å²) in [5.41, 5.74) is -0.282. The number of anilines is 1. The second-order valence-corrected chi connectivity index (χ2v) is 7.89. The van der Waals surface area contributed by atoms with Crippen molar-refractivity contribution in [2.75, 3.05) is 56.5 Å². The van der Waals surface area contributed by atoms with Gasteiger partial charge in [-0.3, -0.25) is 14.0 Å².